The van der Waals surface area contributed by atoms with E-state index in [-0.39, 0.29) is 5.91 Å². The number of pyridine rings is 2. The first kappa shape index (κ1) is 18.0. The van der Waals surface area contributed by atoms with Gasteiger partial charge in [0.15, 0.2) is 0 Å². The Hall–Kier alpha value is -3.41. The molecule has 1 aromatic carbocycles. The van der Waals surface area contributed by atoms with E-state index in [1.165, 1.54) is 12.0 Å². The highest BCUT2D eigenvalue weighted by Gasteiger charge is 2.14. The maximum absolute atomic E-state index is 12.5. The Kier molecular flexibility index (Phi) is 5.19. The first-order valence-electron chi connectivity index (χ1n) is 9.28. The number of hydrogen-bond acceptors (Lipinski definition) is 5. The average molecular weight is 375 g/mol. The number of amides is 1. The van der Waals surface area contributed by atoms with Crippen LogP contribution in [-0.4, -0.2) is 23.0 Å². The second-order valence-electron chi connectivity index (χ2n) is 6.66. The van der Waals surface area contributed by atoms with Gasteiger partial charge in [-0.05, 0) is 55.5 Å². The number of aryl methyl sites for hydroxylation is 2. The van der Waals surface area contributed by atoms with Crippen molar-refractivity contribution >= 4 is 11.6 Å². The summed E-state index contributed by atoms with van der Waals surface area (Å²) in [5.41, 5.74) is 3.46. The van der Waals surface area contributed by atoms with Crippen molar-refractivity contribution in [3.63, 3.8) is 0 Å². The lowest BCUT2D eigenvalue weighted by Crippen LogP contribution is -2.15. The Balaban J connectivity index is 1.42. The van der Waals surface area contributed by atoms with Crippen molar-refractivity contribution in [3.05, 3.63) is 71.7 Å². The summed E-state index contributed by atoms with van der Waals surface area (Å²) in [4.78, 5) is 21.2. The average Bonchev–Trinajstić information content (AvgIpc) is 2.75. The first-order chi connectivity index (χ1) is 13.7. The molecule has 2 aromatic heterocycles. The molecule has 0 atom stereocenters. The largest absolute Gasteiger partial charge is 0.497 e. The predicted molar refractivity (Wildman–Crippen MR) is 106 cm³/mol. The molecule has 0 saturated heterocycles. The molecule has 0 unspecified atom stereocenters. The minimum Gasteiger partial charge on any atom is -0.497 e. The number of nitrogens with zero attached hydrogens (tertiary/aromatic N) is 2. The third-order valence-corrected chi connectivity index (χ3v) is 4.69. The van der Waals surface area contributed by atoms with Gasteiger partial charge < -0.3 is 14.8 Å². The third kappa shape index (κ3) is 4.11. The van der Waals surface area contributed by atoms with E-state index in [4.69, 9.17) is 9.47 Å². The highest BCUT2D eigenvalue weighted by atomic mass is 16.5. The summed E-state index contributed by atoms with van der Waals surface area (Å²) < 4.78 is 10.9. The zero-order valence-corrected chi connectivity index (χ0v) is 15.6. The number of methoxy groups -OCH3 is 1. The number of fused-ring (bicyclic) bond motifs is 1. The normalized spacial score (nSPS) is 12.8. The molecule has 2 heterocycles. The number of ether oxygens (including phenoxy) is 2. The Bertz CT molecular complexity index is 987. The van der Waals surface area contributed by atoms with Crippen LogP contribution in [-0.2, 0) is 12.8 Å². The second-order valence-corrected chi connectivity index (χ2v) is 6.66. The van der Waals surface area contributed by atoms with E-state index in [0.29, 0.717) is 28.6 Å². The summed E-state index contributed by atoms with van der Waals surface area (Å²) >= 11 is 0. The molecule has 28 heavy (non-hydrogen) atoms. The van der Waals surface area contributed by atoms with Gasteiger partial charge in [0.1, 0.15) is 11.5 Å². The number of anilines is 1. The van der Waals surface area contributed by atoms with Crippen LogP contribution in [0.4, 0.5) is 5.69 Å². The highest BCUT2D eigenvalue weighted by molar-refractivity contribution is 6.04. The Morgan fingerprint density at radius 3 is 2.68 bits per heavy atom. The Morgan fingerprint density at radius 2 is 1.86 bits per heavy atom. The lowest BCUT2D eigenvalue weighted by Gasteiger charge is -2.15. The van der Waals surface area contributed by atoms with E-state index in [9.17, 15) is 4.79 Å². The summed E-state index contributed by atoms with van der Waals surface area (Å²) in [5.74, 6) is 1.58. The second kappa shape index (κ2) is 8.08. The molecule has 142 valence electrons. The van der Waals surface area contributed by atoms with Gasteiger partial charge in [-0.1, -0.05) is 6.07 Å². The number of carbonyl (C=O) groups excluding carboxylic acids is 1. The van der Waals surface area contributed by atoms with Gasteiger partial charge in [-0.25, -0.2) is 4.98 Å². The standard InChI is InChI=1S/C22H21N3O3/c1-27-18-6-4-7-19(12-18)28-21-10-9-17(14-24-21)25-22(26)16-11-15-5-2-3-8-20(15)23-13-16/h4,6-7,9-14H,2-3,5,8H2,1H3,(H,25,26). The van der Waals surface area contributed by atoms with E-state index in [2.05, 4.69) is 15.3 Å². The van der Waals surface area contributed by atoms with Crippen molar-refractivity contribution in [2.24, 2.45) is 0 Å². The molecule has 0 radical (unpaired) electrons. The molecule has 0 fully saturated rings. The van der Waals surface area contributed by atoms with Crippen LogP contribution in [0, 0.1) is 0 Å². The quantitative estimate of drug-likeness (QED) is 0.715. The van der Waals surface area contributed by atoms with Crippen LogP contribution in [0.15, 0.2) is 54.9 Å². The van der Waals surface area contributed by atoms with Gasteiger partial charge in [-0.15, -0.1) is 0 Å². The zero-order chi connectivity index (χ0) is 19.3. The molecule has 4 rings (SSSR count). The maximum Gasteiger partial charge on any atom is 0.257 e. The molecule has 6 heteroatoms. The fourth-order valence-corrected chi connectivity index (χ4v) is 3.22. The fourth-order valence-electron chi connectivity index (χ4n) is 3.22. The van der Waals surface area contributed by atoms with Gasteiger partial charge in [0.05, 0.1) is 24.6 Å². The maximum atomic E-state index is 12.5. The van der Waals surface area contributed by atoms with Gasteiger partial charge in [0.25, 0.3) is 5.91 Å². The molecule has 1 N–H and O–H groups in total. The number of carbonyl (C=O) groups is 1. The minimum atomic E-state index is -0.191. The van der Waals surface area contributed by atoms with Crippen molar-refractivity contribution in [3.8, 4) is 17.4 Å². The fraction of sp³-hybridized carbons (Fsp3) is 0.227. The summed E-state index contributed by atoms with van der Waals surface area (Å²) in [5, 5.41) is 2.86. The molecule has 3 aromatic rings. The van der Waals surface area contributed by atoms with Crippen LogP contribution in [0.5, 0.6) is 17.4 Å². The van der Waals surface area contributed by atoms with Gasteiger partial charge >= 0.3 is 0 Å². The molecule has 0 aliphatic heterocycles. The number of benzene rings is 1. The zero-order valence-electron chi connectivity index (χ0n) is 15.6. The van der Waals surface area contributed by atoms with Crippen LogP contribution in [0.2, 0.25) is 0 Å². The first-order valence-corrected chi connectivity index (χ1v) is 9.28. The Morgan fingerprint density at radius 1 is 1.00 bits per heavy atom. The number of hydrogen-bond donors (Lipinski definition) is 1. The summed E-state index contributed by atoms with van der Waals surface area (Å²) in [6, 6.07) is 12.7. The van der Waals surface area contributed by atoms with Gasteiger partial charge in [-0.2, -0.15) is 0 Å². The van der Waals surface area contributed by atoms with Crippen LogP contribution in [0.3, 0.4) is 0 Å². The molecule has 1 aliphatic carbocycles. The van der Waals surface area contributed by atoms with E-state index in [1.807, 2.05) is 24.3 Å². The van der Waals surface area contributed by atoms with Crippen molar-refractivity contribution in [1.82, 2.24) is 9.97 Å². The van der Waals surface area contributed by atoms with Gasteiger partial charge in [0.2, 0.25) is 5.88 Å². The van der Waals surface area contributed by atoms with Crippen molar-refractivity contribution in [2.45, 2.75) is 25.7 Å². The van der Waals surface area contributed by atoms with E-state index in [0.717, 1.165) is 25.0 Å². The van der Waals surface area contributed by atoms with Crippen molar-refractivity contribution in [1.29, 1.82) is 0 Å². The Labute approximate surface area is 163 Å². The molecule has 1 aliphatic rings. The number of aromatic nitrogens is 2. The number of rotatable bonds is 5. The number of nitrogens with one attached hydrogen (secondary N) is 1. The van der Waals surface area contributed by atoms with Crippen molar-refractivity contribution < 1.29 is 14.3 Å². The van der Waals surface area contributed by atoms with Gasteiger partial charge in [-0.3, -0.25) is 9.78 Å². The van der Waals surface area contributed by atoms with E-state index >= 15 is 0 Å². The van der Waals surface area contributed by atoms with Crippen LogP contribution < -0.4 is 14.8 Å². The predicted octanol–water partition coefficient (Wildman–Crippen LogP) is 4.41. The molecule has 6 nitrogen and oxygen atoms in total. The molecular formula is C22H21N3O3. The summed E-state index contributed by atoms with van der Waals surface area (Å²) in [6.45, 7) is 0. The molecule has 1 amide bonds. The van der Waals surface area contributed by atoms with Crippen LogP contribution in [0.25, 0.3) is 0 Å². The van der Waals surface area contributed by atoms with E-state index < -0.39 is 0 Å². The van der Waals surface area contributed by atoms with Crippen LogP contribution >= 0.6 is 0 Å². The monoisotopic (exact) mass is 375 g/mol. The van der Waals surface area contributed by atoms with Gasteiger partial charge in [0, 0.05) is 24.0 Å². The lowest BCUT2D eigenvalue weighted by molar-refractivity contribution is 0.102. The third-order valence-electron chi connectivity index (χ3n) is 4.69. The highest BCUT2D eigenvalue weighted by Crippen LogP contribution is 2.25. The van der Waals surface area contributed by atoms with E-state index in [1.54, 1.807) is 37.7 Å². The van der Waals surface area contributed by atoms with Crippen LogP contribution in [0.1, 0.15) is 34.5 Å². The molecule has 0 bridgehead atoms. The topological polar surface area (TPSA) is 73.3 Å². The SMILES string of the molecule is COc1cccc(Oc2ccc(NC(=O)c3cnc4c(c3)CCCC4)cn2)c1. The smallest absolute Gasteiger partial charge is 0.257 e. The molecular weight excluding hydrogens is 354 g/mol. The summed E-state index contributed by atoms with van der Waals surface area (Å²) in [6.07, 6.45) is 7.52. The molecule has 0 saturated carbocycles. The lowest BCUT2D eigenvalue weighted by atomic mass is 9.95. The van der Waals surface area contributed by atoms with Crippen molar-refractivity contribution in [2.75, 3.05) is 12.4 Å². The summed E-state index contributed by atoms with van der Waals surface area (Å²) in [7, 11) is 1.60. The minimum absolute atomic E-state index is 0.191. The molecule has 0 spiro atoms.